The van der Waals surface area contributed by atoms with Crippen LogP contribution in [0.1, 0.15) is 37.6 Å². The number of aryl methyl sites for hydroxylation is 1. The summed E-state index contributed by atoms with van der Waals surface area (Å²) in [7, 11) is 4.96. The molecule has 4 aromatic heterocycles. The number of halogens is 2. The van der Waals surface area contributed by atoms with Crippen LogP contribution in [0.5, 0.6) is 0 Å². The average Bonchev–Trinajstić information content (AvgIpc) is 3.83. The van der Waals surface area contributed by atoms with Gasteiger partial charge in [0.1, 0.15) is 29.0 Å². The van der Waals surface area contributed by atoms with Crippen molar-refractivity contribution in [2.45, 2.75) is 38.8 Å². The predicted molar refractivity (Wildman–Crippen MR) is 204 cm³/mol. The smallest absolute Gasteiger partial charge is 0.408 e. The Labute approximate surface area is 318 Å². The fraction of sp³-hybridized carbons (Fsp3) is 0.395. The van der Waals surface area contributed by atoms with E-state index >= 15 is 8.78 Å². The first-order chi connectivity index (χ1) is 26.4. The number of pyridine rings is 3. The number of benzene rings is 1. The molecule has 6 heterocycles. The highest BCUT2D eigenvalue weighted by Gasteiger charge is 2.42. The Morgan fingerprint density at radius 1 is 1.05 bits per heavy atom. The second kappa shape index (κ2) is 14.2. The predicted octanol–water partition coefficient (Wildman–Crippen LogP) is 3.35. The number of hydrogen-bond acceptors (Lipinski definition) is 10. The number of carbonyl (C=O) groups excluding carboxylic acids is 3. The van der Waals surface area contributed by atoms with Crippen LogP contribution in [0.3, 0.4) is 0 Å². The minimum absolute atomic E-state index is 0.00274. The summed E-state index contributed by atoms with van der Waals surface area (Å²) in [6.45, 7) is 6.15. The summed E-state index contributed by atoms with van der Waals surface area (Å²) in [5, 5.41) is 14.6. The van der Waals surface area contributed by atoms with E-state index in [1.165, 1.54) is 24.0 Å². The van der Waals surface area contributed by atoms with E-state index in [1.807, 2.05) is 7.05 Å². The Morgan fingerprint density at radius 3 is 2.52 bits per heavy atom. The number of nitrogens with zero attached hydrogens (tertiary/aromatic N) is 6. The zero-order chi connectivity index (χ0) is 40.4. The van der Waals surface area contributed by atoms with Crippen LogP contribution in [0.15, 0.2) is 35.5 Å². The third kappa shape index (κ3) is 6.84. The van der Waals surface area contributed by atoms with Gasteiger partial charge in [0.25, 0.3) is 0 Å². The molecule has 0 saturated carbocycles. The number of amides is 3. The van der Waals surface area contributed by atoms with E-state index in [0.29, 0.717) is 29.9 Å². The molecule has 18 heteroatoms. The summed E-state index contributed by atoms with van der Waals surface area (Å²) in [5.41, 5.74) is -0.0155. The molecule has 16 nitrogen and oxygen atoms in total. The Morgan fingerprint density at radius 2 is 1.80 bits per heavy atom. The highest BCUT2D eigenvalue weighted by atomic mass is 19.2. The quantitative estimate of drug-likeness (QED) is 0.181. The molecule has 294 valence electrons. The van der Waals surface area contributed by atoms with Crippen molar-refractivity contribution in [3.05, 3.63) is 58.1 Å². The van der Waals surface area contributed by atoms with Gasteiger partial charge in [-0.25, -0.2) is 28.3 Å². The van der Waals surface area contributed by atoms with Gasteiger partial charge in [0, 0.05) is 75.6 Å². The molecule has 56 heavy (non-hydrogen) atoms. The molecule has 0 radical (unpaired) electrons. The van der Waals surface area contributed by atoms with E-state index in [0.717, 1.165) is 23.9 Å². The first-order valence-electron chi connectivity index (χ1n) is 17.9. The SMILES string of the molecule is CN1CC2CCN(c3c(-c4cnc5c(c4)c(=O)c(C(=O)O)cn5C)cnc4[nH]c5c(N(C)C(=O)CNC(=O)CNC(=O)OC(C)(C)C)cc(F)c(F)c5c34)[C@@H]2C1. The number of aromatic nitrogens is 4. The number of likely N-dealkylation sites (tertiary alicyclic amines) is 1. The van der Waals surface area contributed by atoms with Crippen molar-refractivity contribution in [2.75, 3.05) is 56.6 Å². The van der Waals surface area contributed by atoms with Gasteiger partial charge in [0.15, 0.2) is 11.6 Å². The normalized spacial score (nSPS) is 17.1. The molecule has 0 bridgehead atoms. The van der Waals surface area contributed by atoms with E-state index in [1.54, 1.807) is 40.1 Å². The van der Waals surface area contributed by atoms with Crippen molar-refractivity contribution in [2.24, 2.45) is 13.0 Å². The standard InChI is InChI=1S/C38H41F2N9O7/c1-38(2,3)56-37(55)44-13-26(50)41-14-27(51)48(6)24-10-23(39)30(40)28-29-32(49-8-7-18-15-46(4)17-25(18)49)21(12-42-34(29)45-31(24)28)19-9-20-33(52)22(36(53)54)16-47(5)35(20)43-11-19/h9-12,16,18,25H,7-8,13-15,17H2,1-6H3,(H,41,50)(H,42,45)(H,44,55)(H,53,54)/t18?,25-/m1/s1. The van der Waals surface area contributed by atoms with Crippen LogP contribution in [0.4, 0.5) is 25.0 Å². The number of ether oxygens (including phenoxy) is 1. The monoisotopic (exact) mass is 773 g/mol. The van der Waals surface area contributed by atoms with Crippen molar-refractivity contribution in [1.82, 2.24) is 35.1 Å². The largest absolute Gasteiger partial charge is 0.477 e. The Bertz CT molecular complexity index is 2530. The van der Waals surface area contributed by atoms with Crippen molar-refractivity contribution in [1.29, 1.82) is 0 Å². The van der Waals surface area contributed by atoms with Gasteiger partial charge < -0.3 is 44.7 Å². The van der Waals surface area contributed by atoms with Crippen LogP contribution in [0.2, 0.25) is 0 Å². The summed E-state index contributed by atoms with van der Waals surface area (Å²) in [5.74, 6) is -4.85. The lowest BCUT2D eigenvalue weighted by atomic mass is 9.99. The first kappa shape index (κ1) is 38.1. The van der Waals surface area contributed by atoms with Crippen LogP contribution in [-0.4, -0.2) is 112 Å². The van der Waals surface area contributed by atoms with Gasteiger partial charge >= 0.3 is 12.1 Å². The zero-order valence-corrected chi connectivity index (χ0v) is 31.6. The van der Waals surface area contributed by atoms with Crippen molar-refractivity contribution in [3.8, 4) is 11.1 Å². The second-order valence-corrected chi connectivity index (χ2v) is 15.3. The summed E-state index contributed by atoms with van der Waals surface area (Å²) in [4.78, 5) is 80.8. The number of alkyl carbamates (subject to hydrolysis) is 1. The molecular formula is C38H41F2N9O7. The molecule has 1 aromatic carbocycles. The van der Waals surface area contributed by atoms with Crippen LogP contribution < -0.4 is 25.9 Å². The number of nitrogens with one attached hydrogen (secondary N) is 3. The number of hydrogen-bond donors (Lipinski definition) is 4. The summed E-state index contributed by atoms with van der Waals surface area (Å²) < 4.78 is 38.6. The molecule has 7 rings (SSSR count). The van der Waals surface area contributed by atoms with Gasteiger partial charge in [-0.2, -0.15) is 0 Å². The molecule has 5 aromatic rings. The third-order valence-corrected chi connectivity index (χ3v) is 10.3. The number of carboxylic acid groups (broad SMARTS) is 1. The maximum Gasteiger partial charge on any atom is 0.408 e. The molecule has 0 aliphatic carbocycles. The number of H-pyrrole nitrogens is 1. The molecule has 2 aliphatic rings. The van der Waals surface area contributed by atoms with Crippen LogP contribution >= 0.6 is 0 Å². The number of aromatic amines is 1. The average molecular weight is 774 g/mol. The van der Waals surface area contributed by atoms with Gasteiger partial charge in [-0.1, -0.05) is 0 Å². The minimum Gasteiger partial charge on any atom is -0.477 e. The number of aromatic carboxylic acids is 1. The lowest BCUT2D eigenvalue weighted by molar-refractivity contribution is -0.124. The number of carboxylic acids is 1. The highest BCUT2D eigenvalue weighted by molar-refractivity contribution is 6.19. The fourth-order valence-electron chi connectivity index (χ4n) is 7.77. The Balaban J connectivity index is 1.33. The number of anilines is 2. The zero-order valence-electron chi connectivity index (χ0n) is 31.6. The lowest BCUT2D eigenvalue weighted by Gasteiger charge is -2.29. The van der Waals surface area contributed by atoms with Crippen molar-refractivity contribution < 1.29 is 37.8 Å². The van der Waals surface area contributed by atoms with E-state index in [9.17, 15) is 29.1 Å². The minimum atomic E-state index is -1.39. The first-order valence-corrected chi connectivity index (χ1v) is 17.9. The lowest BCUT2D eigenvalue weighted by Crippen LogP contribution is -2.43. The van der Waals surface area contributed by atoms with Crippen LogP contribution in [-0.2, 0) is 21.4 Å². The molecule has 2 aliphatic heterocycles. The van der Waals surface area contributed by atoms with E-state index < -0.39 is 65.2 Å². The van der Waals surface area contributed by atoms with E-state index in [2.05, 4.69) is 35.4 Å². The highest BCUT2D eigenvalue weighted by Crippen LogP contribution is 2.47. The molecule has 2 saturated heterocycles. The Kier molecular flexibility index (Phi) is 9.64. The van der Waals surface area contributed by atoms with E-state index in [-0.39, 0.29) is 50.6 Å². The van der Waals surface area contributed by atoms with Gasteiger partial charge in [-0.15, -0.1) is 0 Å². The van der Waals surface area contributed by atoms with Crippen LogP contribution in [0.25, 0.3) is 44.1 Å². The Hall–Kier alpha value is -6.17. The maximum absolute atomic E-state index is 16.3. The third-order valence-electron chi connectivity index (χ3n) is 10.3. The molecule has 2 atom stereocenters. The van der Waals surface area contributed by atoms with Gasteiger partial charge in [0.05, 0.1) is 39.6 Å². The van der Waals surface area contributed by atoms with Gasteiger partial charge in [-0.3, -0.25) is 14.4 Å². The second-order valence-electron chi connectivity index (χ2n) is 15.3. The van der Waals surface area contributed by atoms with Crippen molar-refractivity contribution >= 4 is 68.2 Å². The summed E-state index contributed by atoms with van der Waals surface area (Å²) in [6.07, 6.45) is 4.31. The molecule has 3 amide bonds. The number of carbonyl (C=O) groups is 4. The number of likely N-dealkylation sites (N-methyl/N-ethyl adjacent to an activating group) is 2. The molecule has 2 fully saturated rings. The van der Waals surface area contributed by atoms with Crippen molar-refractivity contribution in [3.63, 3.8) is 0 Å². The number of fused-ring (bicyclic) bond motifs is 5. The summed E-state index contributed by atoms with van der Waals surface area (Å²) in [6, 6.07) is 2.43. The molecule has 4 N–H and O–H groups in total. The molecule has 0 spiro atoms. The number of rotatable bonds is 8. The fourth-order valence-corrected chi connectivity index (χ4v) is 7.77. The molecular weight excluding hydrogens is 732 g/mol. The van der Waals surface area contributed by atoms with Crippen LogP contribution in [0, 0.1) is 17.6 Å². The summed E-state index contributed by atoms with van der Waals surface area (Å²) >= 11 is 0. The molecule has 1 unspecified atom stereocenters. The van der Waals surface area contributed by atoms with Gasteiger partial charge in [0.2, 0.25) is 17.2 Å². The van der Waals surface area contributed by atoms with Gasteiger partial charge in [-0.05, 0) is 46.2 Å². The van der Waals surface area contributed by atoms with E-state index in [4.69, 9.17) is 4.74 Å². The maximum atomic E-state index is 16.3. The topological polar surface area (TPSA) is 195 Å².